The number of carbonyl (C=O) groups excluding carboxylic acids is 1. The summed E-state index contributed by atoms with van der Waals surface area (Å²) in [6, 6.07) is 5.85. The van der Waals surface area contributed by atoms with E-state index >= 15 is 0 Å². The second-order valence-corrected chi connectivity index (χ2v) is 6.60. The van der Waals surface area contributed by atoms with Crippen LogP contribution in [-0.2, 0) is 0 Å². The molecule has 0 N–H and O–H groups in total. The molecule has 1 aliphatic carbocycles. The fourth-order valence-electron chi connectivity index (χ4n) is 2.89. The lowest BCUT2D eigenvalue weighted by Gasteiger charge is -2.35. The summed E-state index contributed by atoms with van der Waals surface area (Å²) in [6.07, 6.45) is 6.31. The van der Waals surface area contributed by atoms with Crippen molar-refractivity contribution < 1.29 is 9.53 Å². The molecule has 1 aromatic carbocycles. The van der Waals surface area contributed by atoms with E-state index in [2.05, 4.69) is 15.9 Å². The van der Waals surface area contributed by atoms with Gasteiger partial charge in [0.25, 0.3) is 0 Å². The Balaban J connectivity index is 2.11. The highest BCUT2D eigenvalue weighted by Crippen LogP contribution is 2.38. The molecular formula is C17H23BrO2. The van der Waals surface area contributed by atoms with Gasteiger partial charge in [0, 0.05) is 10.7 Å². The third kappa shape index (κ3) is 3.63. The molecule has 1 fully saturated rings. The minimum atomic E-state index is 0.0697. The molecule has 0 atom stereocenters. The van der Waals surface area contributed by atoms with Crippen LogP contribution in [-0.4, -0.2) is 17.7 Å². The molecule has 0 amide bonds. The third-order valence-electron chi connectivity index (χ3n) is 4.25. The predicted molar refractivity (Wildman–Crippen MR) is 86.0 cm³/mol. The lowest BCUT2D eigenvalue weighted by molar-refractivity contribution is 0.0993. The fraction of sp³-hybridized carbons (Fsp3) is 0.588. The van der Waals surface area contributed by atoms with Gasteiger partial charge in [-0.2, -0.15) is 0 Å². The minimum Gasteiger partial charge on any atom is -0.492 e. The highest BCUT2D eigenvalue weighted by Gasteiger charge is 2.32. The van der Waals surface area contributed by atoms with Gasteiger partial charge < -0.3 is 4.74 Å². The predicted octanol–water partition coefficient (Wildman–Crippen LogP) is 4.92. The Morgan fingerprint density at radius 3 is 2.60 bits per heavy atom. The summed E-state index contributed by atoms with van der Waals surface area (Å²) in [5.74, 6) is 0.800. The molecule has 0 bridgehead atoms. The molecule has 1 aromatic rings. The summed E-state index contributed by atoms with van der Waals surface area (Å²) in [5.41, 5.74) is 2.03. The normalized spacial score (nSPS) is 17.8. The number of benzene rings is 1. The number of Topliss-reactive ketones (excluding diaryl/α,β-unsaturated/α-hetero) is 1. The summed E-state index contributed by atoms with van der Waals surface area (Å²) in [5, 5.41) is 0.973. The van der Waals surface area contributed by atoms with Crippen LogP contribution in [0.1, 0.15) is 54.9 Å². The smallest absolute Gasteiger partial charge is 0.163 e. The topological polar surface area (TPSA) is 26.3 Å². The maximum atomic E-state index is 11.7. The zero-order valence-corrected chi connectivity index (χ0v) is 14.0. The van der Waals surface area contributed by atoms with Gasteiger partial charge in [0.05, 0.1) is 12.2 Å². The third-order valence-corrected chi connectivity index (χ3v) is 5.44. The highest BCUT2D eigenvalue weighted by molar-refractivity contribution is 9.09. The molecule has 0 saturated heterocycles. The van der Waals surface area contributed by atoms with Gasteiger partial charge in [-0.3, -0.25) is 4.79 Å². The van der Waals surface area contributed by atoms with Crippen LogP contribution in [0, 0.1) is 12.3 Å². The van der Waals surface area contributed by atoms with E-state index in [1.54, 1.807) is 6.92 Å². The standard InChI is InChI=1S/C17H23BrO2/c1-13-6-7-16(15(10-13)14(2)19)20-12-17(11-18)8-4-3-5-9-17/h6-7,10H,3-5,8-9,11-12H2,1-2H3. The van der Waals surface area contributed by atoms with Crippen molar-refractivity contribution in [1.29, 1.82) is 0 Å². The Bertz CT molecular complexity index is 476. The number of hydrogen-bond acceptors (Lipinski definition) is 2. The molecule has 0 heterocycles. The molecule has 0 aromatic heterocycles. The number of aryl methyl sites for hydroxylation is 1. The van der Waals surface area contributed by atoms with Crippen LogP contribution in [0.4, 0.5) is 0 Å². The molecule has 2 nitrogen and oxygen atoms in total. The first kappa shape index (κ1) is 15.6. The SMILES string of the molecule is CC(=O)c1cc(C)ccc1OCC1(CBr)CCCCC1. The number of rotatable bonds is 5. The van der Waals surface area contributed by atoms with Crippen molar-refractivity contribution in [3.05, 3.63) is 29.3 Å². The number of halogens is 1. The van der Waals surface area contributed by atoms with Gasteiger partial charge in [-0.1, -0.05) is 46.8 Å². The van der Waals surface area contributed by atoms with Crippen molar-refractivity contribution in [2.45, 2.75) is 46.0 Å². The van der Waals surface area contributed by atoms with E-state index in [0.29, 0.717) is 12.2 Å². The summed E-state index contributed by atoms with van der Waals surface area (Å²) in [6.45, 7) is 4.29. The molecule has 3 heteroatoms. The van der Waals surface area contributed by atoms with Crippen molar-refractivity contribution >= 4 is 21.7 Å². The van der Waals surface area contributed by atoms with E-state index < -0.39 is 0 Å². The molecule has 0 aliphatic heterocycles. The highest BCUT2D eigenvalue weighted by atomic mass is 79.9. The Morgan fingerprint density at radius 2 is 2.00 bits per heavy atom. The number of ketones is 1. The molecule has 0 unspecified atom stereocenters. The van der Waals surface area contributed by atoms with E-state index in [0.717, 1.165) is 16.6 Å². The average Bonchev–Trinajstić information content (AvgIpc) is 2.47. The van der Waals surface area contributed by atoms with Crippen LogP contribution in [0.2, 0.25) is 0 Å². The van der Waals surface area contributed by atoms with E-state index in [4.69, 9.17) is 4.74 Å². The fourth-order valence-corrected chi connectivity index (χ4v) is 3.62. The van der Waals surface area contributed by atoms with Crippen LogP contribution in [0.5, 0.6) is 5.75 Å². The molecule has 1 saturated carbocycles. The van der Waals surface area contributed by atoms with Crippen molar-refractivity contribution in [3.63, 3.8) is 0 Å². The van der Waals surface area contributed by atoms with Crippen LogP contribution in [0.15, 0.2) is 18.2 Å². The Hall–Kier alpha value is -0.830. The first-order valence-electron chi connectivity index (χ1n) is 7.37. The molecule has 110 valence electrons. The van der Waals surface area contributed by atoms with E-state index in [1.807, 2.05) is 25.1 Å². The van der Waals surface area contributed by atoms with Crippen molar-refractivity contribution in [2.75, 3.05) is 11.9 Å². The van der Waals surface area contributed by atoms with E-state index in [-0.39, 0.29) is 11.2 Å². The maximum Gasteiger partial charge on any atom is 0.163 e. The lowest BCUT2D eigenvalue weighted by Crippen LogP contribution is -2.33. The number of ether oxygens (including phenoxy) is 1. The molecule has 2 rings (SSSR count). The van der Waals surface area contributed by atoms with Crippen molar-refractivity contribution in [3.8, 4) is 5.75 Å². The van der Waals surface area contributed by atoms with Crippen LogP contribution < -0.4 is 4.74 Å². The van der Waals surface area contributed by atoms with Crippen LogP contribution in [0.25, 0.3) is 0 Å². The quantitative estimate of drug-likeness (QED) is 0.562. The summed E-state index contributed by atoms with van der Waals surface area (Å²) >= 11 is 3.65. The number of carbonyl (C=O) groups is 1. The minimum absolute atomic E-state index is 0.0697. The number of alkyl halides is 1. The van der Waals surface area contributed by atoms with Crippen LogP contribution >= 0.6 is 15.9 Å². The second-order valence-electron chi connectivity index (χ2n) is 6.04. The maximum absolute atomic E-state index is 11.7. The molecule has 1 aliphatic rings. The van der Waals surface area contributed by atoms with E-state index in [9.17, 15) is 4.79 Å². The van der Waals surface area contributed by atoms with Gasteiger partial charge >= 0.3 is 0 Å². The number of hydrogen-bond donors (Lipinski definition) is 0. The van der Waals surface area contributed by atoms with Gasteiger partial charge in [-0.25, -0.2) is 0 Å². The van der Waals surface area contributed by atoms with Gasteiger partial charge in [0.2, 0.25) is 0 Å². The summed E-state index contributed by atoms with van der Waals surface area (Å²) in [7, 11) is 0. The summed E-state index contributed by atoms with van der Waals surface area (Å²) < 4.78 is 6.04. The molecule has 0 radical (unpaired) electrons. The zero-order valence-electron chi connectivity index (χ0n) is 12.4. The molecule has 0 spiro atoms. The average molecular weight is 339 g/mol. The zero-order chi connectivity index (χ0) is 14.6. The Labute approximate surface area is 130 Å². The van der Waals surface area contributed by atoms with Gasteiger partial charge in [0.1, 0.15) is 5.75 Å². The van der Waals surface area contributed by atoms with Crippen molar-refractivity contribution in [2.24, 2.45) is 5.41 Å². The Morgan fingerprint density at radius 1 is 1.30 bits per heavy atom. The largest absolute Gasteiger partial charge is 0.492 e. The van der Waals surface area contributed by atoms with Gasteiger partial charge in [-0.15, -0.1) is 0 Å². The van der Waals surface area contributed by atoms with Gasteiger partial charge in [-0.05, 0) is 38.8 Å². The monoisotopic (exact) mass is 338 g/mol. The molecule has 20 heavy (non-hydrogen) atoms. The van der Waals surface area contributed by atoms with Crippen molar-refractivity contribution in [1.82, 2.24) is 0 Å². The molecular weight excluding hydrogens is 316 g/mol. The van der Waals surface area contributed by atoms with Gasteiger partial charge in [0.15, 0.2) is 5.78 Å². The van der Waals surface area contributed by atoms with Crippen LogP contribution in [0.3, 0.4) is 0 Å². The first-order valence-corrected chi connectivity index (χ1v) is 8.49. The second kappa shape index (κ2) is 6.75. The summed E-state index contributed by atoms with van der Waals surface area (Å²) in [4.78, 5) is 11.7. The Kier molecular flexibility index (Phi) is 5.25. The first-order chi connectivity index (χ1) is 9.56. The lowest BCUT2D eigenvalue weighted by atomic mass is 9.76. The van der Waals surface area contributed by atoms with E-state index in [1.165, 1.54) is 32.1 Å².